The van der Waals surface area contributed by atoms with Crippen LogP contribution in [0.25, 0.3) is 5.57 Å². The second-order valence-electron chi connectivity index (χ2n) is 8.82. The minimum Gasteiger partial charge on any atom is -0.381 e. The van der Waals surface area contributed by atoms with E-state index in [0.29, 0.717) is 17.8 Å². The lowest BCUT2D eigenvalue weighted by atomic mass is 9.95. The van der Waals surface area contributed by atoms with Crippen molar-refractivity contribution in [3.63, 3.8) is 0 Å². The average molecular weight is 390 g/mol. The van der Waals surface area contributed by atoms with Crippen LogP contribution < -0.4 is 0 Å². The predicted molar refractivity (Wildman–Crippen MR) is 118 cm³/mol. The Labute approximate surface area is 173 Å². The molecule has 1 aromatic heterocycles. The maximum atomic E-state index is 5.67. The van der Waals surface area contributed by atoms with Gasteiger partial charge < -0.3 is 4.74 Å². The first-order valence-electron chi connectivity index (χ1n) is 11.3. The first-order valence-corrected chi connectivity index (χ1v) is 11.3. The number of allylic oxidation sites excluding steroid dienone is 6. The van der Waals surface area contributed by atoms with Crippen LogP contribution in [0.5, 0.6) is 0 Å². The number of aliphatic imine (C=N–C) groups is 1. The van der Waals surface area contributed by atoms with Crippen LogP contribution in [0, 0.1) is 11.8 Å². The molecule has 0 spiro atoms. The maximum Gasteiger partial charge on any atom is 0.133 e. The molecule has 0 bridgehead atoms. The van der Waals surface area contributed by atoms with Crippen molar-refractivity contribution in [2.24, 2.45) is 16.8 Å². The van der Waals surface area contributed by atoms with Gasteiger partial charge in [-0.1, -0.05) is 24.6 Å². The van der Waals surface area contributed by atoms with E-state index in [2.05, 4.69) is 32.1 Å². The van der Waals surface area contributed by atoms with Gasteiger partial charge in [0.2, 0.25) is 0 Å². The molecule has 4 heteroatoms. The Bertz CT molecular complexity index is 912. The molecule has 152 valence electrons. The third kappa shape index (κ3) is 3.63. The smallest absolute Gasteiger partial charge is 0.133 e. The summed E-state index contributed by atoms with van der Waals surface area (Å²) in [5, 5.41) is 0. The molecule has 2 unspecified atom stereocenters. The van der Waals surface area contributed by atoms with Gasteiger partial charge in [0.15, 0.2) is 0 Å². The standard InChI is InChI=1S/C25H31N3O/c1-3-17-15-18(8-5-4-7-16(17)2)23-24-21(9-6-12-26-24)27-25(28-23)22-19-10-13-29-14-11-20(19)22/h5,8,12,15,19-20,22H,3-4,6-7,9-11,13-14H2,1-2H3. The number of ether oxygens (including phenoxy) is 1. The van der Waals surface area contributed by atoms with Crippen LogP contribution in [0.3, 0.4) is 0 Å². The van der Waals surface area contributed by atoms with E-state index < -0.39 is 0 Å². The van der Waals surface area contributed by atoms with Gasteiger partial charge in [-0.25, -0.2) is 9.97 Å². The number of rotatable bonds is 3. The van der Waals surface area contributed by atoms with E-state index in [0.717, 1.165) is 81.1 Å². The van der Waals surface area contributed by atoms with Crippen molar-refractivity contribution >= 4 is 17.5 Å². The maximum absolute atomic E-state index is 5.67. The van der Waals surface area contributed by atoms with Gasteiger partial charge in [0.05, 0.1) is 11.4 Å². The van der Waals surface area contributed by atoms with Crippen LogP contribution in [-0.2, 0) is 11.2 Å². The summed E-state index contributed by atoms with van der Waals surface area (Å²) in [6.45, 7) is 6.29. The summed E-state index contributed by atoms with van der Waals surface area (Å²) in [6.07, 6.45) is 16.5. The highest BCUT2D eigenvalue weighted by atomic mass is 16.5. The zero-order valence-electron chi connectivity index (χ0n) is 17.7. The SMILES string of the molecule is CCC1=C(C)CCC=CC(c2nc(C3C4CCOCCC43)nc3c2N=CCC3)=C1. The van der Waals surface area contributed by atoms with Crippen LogP contribution >= 0.6 is 0 Å². The lowest BCUT2D eigenvalue weighted by Crippen LogP contribution is -2.09. The van der Waals surface area contributed by atoms with E-state index in [1.807, 2.05) is 6.21 Å². The molecule has 1 saturated carbocycles. The van der Waals surface area contributed by atoms with E-state index >= 15 is 0 Å². The number of hydrogen-bond acceptors (Lipinski definition) is 4. The lowest BCUT2D eigenvalue weighted by molar-refractivity contribution is 0.135. The van der Waals surface area contributed by atoms with Crippen molar-refractivity contribution in [2.45, 2.75) is 64.7 Å². The van der Waals surface area contributed by atoms with Gasteiger partial charge in [-0.3, -0.25) is 4.99 Å². The molecule has 2 aliphatic heterocycles. The van der Waals surface area contributed by atoms with Crippen LogP contribution in [0.2, 0.25) is 0 Å². The van der Waals surface area contributed by atoms with Crippen LogP contribution in [0.15, 0.2) is 34.4 Å². The largest absolute Gasteiger partial charge is 0.381 e. The van der Waals surface area contributed by atoms with Crippen LogP contribution in [0.1, 0.15) is 75.5 Å². The van der Waals surface area contributed by atoms with Gasteiger partial charge in [-0.05, 0) is 75.4 Å². The molecule has 0 amide bonds. The molecule has 29 heavy (non-hydrogen) atoms. The molecular formula is C25H31N3O. The summed E-state index contributed by atoms with van der Waals surface area (Å²) in [5.74, 6) is 2.97. The van der Waals surface area contributed by atoms with Gasteiger partial charge >= 0.3 is 0 Å². The van der Waals surface area contributed by atoms with Gasteiger partial charge in [-0.2, -0.15) is 0 Å². The van der Waals surface area contributed by atoms with Gasteiger partial charge in [0.25, 0.3) is 0 Å². The summed E-state index contributed by atoms with van der Waals surface area (Å²) >= 11 is 0. The highest BCUT2D eigenvalue weighted by molar-refractivity contribution is 5.84. The Morgan fingerprint density at radius 2 is 1.90 bits per heavy atom. The molecule has 0 radical (unpaired) electrons. The van der Waals surface area contributed by atoms with Crippen LogP contribution in [-0.4, -0.2) is 29.4 Å². The van der Waals surface area contributed by atoms with E-state index in [4.69, 9.17) is 19.7 Å². The number of aromatic nitrogens is 2. The van der Waals surface area contributed by atoms with Gasteiger partial charge in [0, 0.05) is 30.9 Å². The fourth-order valence-corrected chi connectivity index (χ4v) is 5.27. The first kappa shape index (κ1) is 18.9. The first-order chi connectivity index (χ1) is 14.3. The molecule has 5 rings (SSSR count). The Morgan fingerprint density at radius 3 is 2.69 bits per heavy atom. The molecule has 3 heterocycles. The molecule has 0 N–H and O–H groups in total. The number of nitrogens with zero attached hydrogens (tertiary/aromatic N) is 3. The van der Waals surface area contributed by atoms with E-state index in [9.17, 15) is 0 Å². The van der Waals surface area contributed by atoms with Crippen molar-refractivity contribution in [1.82, 2.24) is 9.97 Å². The summed E-state index contributed by atoms with van der Waals surface area (Å²) in [5.41, 5.74) is 7.30. The summed E-state index contributed by atoms with van der Waals surface area (Å²) in [7, 11) is 0. The summed E-state index contributed by atoms with van der Waals surface area (Å²) < 4.78 is 5.67. The van der Waals surface area contributed by atoms with E-state index in [1.54, 1.807) is 0 Å². The van der Waals surface area contributed by atoms with Crippen molar-refractivity contribution in [2.75, 3.05) is 13.2 Å². The Balaban J connectivity index is 1.60. The van der Waals surface area contributed by atoms with Gasteiger partial charge in [0.1, 0.15) is 11.5 Å². The molecule has 1 aromatic rings. The highest BCUT2D eigenvalue weighted by Gasteiger charge is 2.52. The van der Waals surface area contributed by atoms with Gasteiger partial charge in [-0.15, -0.1) is 0 Å². The van der Waals surface area contributed by atoms with Crippen molar-refractivity contribution in [3.8, 4) is 0 Å². The molecule has 1 saturated heterocycles. The Kier molecular flexibility index (Phi) is 5.21. The Morgan fingerprint density at radius 1 is 1.07 bits per heavy atom. The van der Waals surface area contributed by atoms with Crippen LogP contribution in [0.4, 0.5) is 5.69 Å². The second kappa shape index (κ2) is 7.98. The Hall–Kier alpha value is -2.07. The molecule has 2 fully saturated rings. The summed E-state index contributed by atoms with van der Waals surface area (Å²) in [6, 6.07) is 0. The fraction of sp³-hybridized carbons (Fsp3) is 0.560. The fourth-order valence-electron chi connectivity index (χ4n) is 5.27. The number of aryl methyl sites for hydroxylation is 1. The zero-order chi connectivity index (χ0) is 19.8. The average Bonchev–Trinajstić information content (AvgIpc) is 3.46. The van der Waals surface area contributed by atoms with Crippen molar-refractivity contribution in [3.05, 3.63) is 46.6 Å². The zero-order valence-corrected chi connectivity index (χ0v) is 17.7. The topological polar surface area (TPSA) is 47.4 Å². The monoisotopic (exact) mass is 389 g/mol. The van der Waals surface area contributed by atoms with Crippen molar-refractivity contribution < 1.29 is 4.74 Å². The summed E-state index contributed by atoms with van der Waals surface area (Å²) in [4.78, 5) is 15.0. The molecule has 4 aliphatic rings. The molecular weight excluding hydrogens is 358 g/mol. The third-order valence-electron chi connectivity index (χ3n) is 7.04. The second-order valence-corrected chi connectivity index (χ2v) is 8.82. The quantitative estimate of drug-likeness (QED) is 0.664. The lowest BCUT2D eigenvalue weighted by Gasteiger charge is -2.17. The minimum absolute atomic E-state index is 0.509. The number of fused-ring (bicyclic) bond motifs is 2. The van der Waals surface area contributed by atoms with E-state index in [-0.39, 0.29) is 0 Å². The molecule has 0 aromatic carbocycles. The predicted octanol–water partition coefficient (Wildman–Crippen LogP) is 5.73. The molecule has 2 aliphatic carbocycles. The van der Waals surface area contributed by atoms with Crippen molar-refractivity contribution in [1.29, 1.82) is 0 Å². The normalized spacial score (nSPS) is 28.8. The molecule has 2 atom stereocenters. The number of hydrogen-bond donors (Lipinski definition) is 0. The molecule has 4 nitrogen and oxygen atoms in total. The highest BCUT2D eigenvalue weighted by Crippen LogP contribution is 2.58. The third-order valence-corrected chi connectivity index (χ3v) is 7.04. The minimum atomic E-state index is 0.509. The van der Waals surface area contributed by atoms with E-state index in [1.165, 1.54) is 16.7 Å².